The molecule has 0 unspecified atom stereocenters. The molecule has 2 N–H and O–H groups in total. The molecule has 1 rings (SSSR count). The van der Waals surface area contributed by atoms with Gasteiger partial charge in [0.15, 0.2) is 6.61 Å². The first-order chi connectivity index (χ1) is 10.4. The number of imide groups is 1. The lowest BCUT2D eigenvalue weighted by Crippen LogP contribution is -2.41. The van der Waals surface area contributed by atoms with Gasteiger partial charge in [-0.2, -0.15) is 0 Å². The van der Waals surface area contributed by atoms with Crippen molar-refractivity contribution in [3.8, 4) is 0 Å². The molecule has 120 valence electrons. The molecule has 0 spiro atoms. The van der Waals surface area contributed by atoms with Crippen molar-refractivity contribution in [2.45, 2.75) is 20.3 Å². The average Bonchev–Trinajstić information content (AvgIpc) is 2.45. The van der Waals surface area contributed by atoms with Crippen LogP contribution in [0, 0.1) is 9.49 Å². The van der Waals surface area contributed by atoms with Crippen LogP contribution in [0.5, 0.6) is 0 Å². The van der Waals surface area contributed by atoms with Gasteiger partial charge in [0.1, 0.15) is 0 Å². The highest BCUT2D eigenvalue weighted by molar-refractivity contribution is 14.1. The molecule has 0 heterocycles. The second kappa shape index (κ2) is 9.39. The molecule has 0 aliphatic heterocycles. The van der Waals surface area contributed by atoms with E-state index < -0.39 is 24.5 Å². The summed E-state index contributed by atoms with van der Waals surface area (Å²) in [4.78, 5) is 34.6. The van der Waals surface area contributed by atoms with E-state index in [0.29, 0.717) is 18.0 Å². The summed E-state index contributed by atoms with van der Waals surface area (Å²) >= 11 is 2.12. The Morgan fingerprint density at radius 1 is 1.18 bits per heavy atom. The Morgan fingerprint density at radius 2 is 1.82 bits per heavy atom. The van der Waals surface area contributed by atoms with E-state index >= 15 is 0 Å². The third kappa shape index (κ3) is 7.39. The normalized spacial score (nSPS) is 10.2. The summed E-state index contributed by atoms with van der Waals surface area (Å²) in [7, 11) is 0. The highest BCUT2D eigenvalue weighted by atomic mass is 127. The Bertz CT molecular complexity index is 529. The quantitative estimate of drug-likeness (QED) is 0.549. The zero-order valence-corrected chi connectivity index (χ0v) is 14.7. The number of nitrogens with one attached hydrogen (secondary N) is 2. The standard InChI is InChI=1S/C15H19IN2O4/c1-10(2)7-8-17-15(21)18-13(19)9-22-14(20)11-3-5-12(16)6-4-11/h3-6,10H,7-9H2,1-2H3,(H2,17,18,19,21). The number of benzene rings is 1. The largest absolute Gasteiger partial charge is 0.452 e. The Morgan fingerprint density at radius 3 is 2.41 bits per heavy atom. The molecule has 0 bridgehead atoms. The number of urea groups is 1. The van der Waals surface area contributed by atoms with Gasteiger partial charge in [0, 0.05) is 10.1 Å². The first kappa shape index (κ1) is 18.4. The molecule has 7 heteroatoms. The van der Waals surface area contributed by atoms with Crippen LogP contribution in [-0.4, -0.2) is 31.1 Å². The van der Waals surface area contributed by atoms with Crippen molar-refractivity contribution in [1.29, 1.82) is 0 Å². The minimum Gasteiger partial charge on any atom is -0.452 e. The zero-order valence-electron chi connectivity index (χ0n) is 12.5. The van der Waals surface area contributed by atoms with Crippen LogP contribution in [0.2, 0.25) is 0 Å². The number of rotatable bonds is 6. The number of ether oxygens (including phenoxy) is 1. The molecule has 0 aliphatic rings. The van der Waals surface area contributed by atoms with Gasteiger partial charge in [-0.3, -0.25) is 10.1 Å². The smallest absolute Gasteiger partial charge is 0.338 e. The fourth-order valence-electron chi connectivity index (χ4n) is 1.48. The van der Waals surface area contributed by atoms with Crippen molar-refractivity contribution < 1.29 is 19.1 Å². The molecule has 0 saturated carbocycles. The van der Waals surface area contributed by atoms with Gasteiger partial charge in [-0.1, -0.05) is 13.8 Å². The zero-order chi connectivity index (χ0) is 16.5. The highest BCUT2D eigenvalue weighted by Crippen LogP contribution is 2.07. The van der Waals surface area contributed by atoms with Crippen LogP contribution >= 0.6 is 22.6 Å². The molecular formula is C15H19IN2O4. The molecule has 3 amide bonds. The number of esters is 1. The van der Waals surface area contributed by atoms with Gasteiger partial charge in [0.2, 0.25) is 0 Å². The number of carbonyl (C=O) groups excluding carboxylic acids is 3. The van der Waals surface area contributed by atoms with Gasteiger partial charge in [-0.15, -0.1) is 0 Å². The van der Waals surface area contributed by atoms with Crippen LogP contribution in [0.15, 0.2) is 24.3 Å². The SMILES string of the molecule is CC(C)CCNC(=O)NC(=O)COC(=O)c1ccc(I)cc1. The van der Waals surface area contributed by atoms with Gasteiger partial charge < -0.3 is 10.1 Å². The van der Waals surface area contributed by atoms with Crippen LogP contribution in [-0.2, 0) is 9.53 Å². The van der Waals surface area contributed by atoms with Gasteiger partial charge in [0.05, 0.1) is 5.56 Å². The second-order valence-electron chi connectivity index (χ2n) is 5.07. The minimum atomic E-state index is -0.666. The van der Waals surface area contributed by atoms with Crippen molar-refractivity contribution in [3.05, 3.63) is 33.4 Å². The van der Waals surface area contributed by atoms with E-state index in [-0.39, 0.29) is 0 Å². The number of amides is 3. The predicted molar refractivity (Wildman–Crippen MR) is 90.4 cm³/mol. The maximum absolute atomic E-state index is 11.7. The van der Waals surface area contributed by atoms with E-state index in [0.717, 1.165) is 9.99 Å². The molecule has 0 aliphatic carbocycles. The molecule has 6 nitrogen and oxygen atoms in total. The fraction of sp³-hybridized carbons (Fsp3) is 0.400. The van der Waals surface area contributed by atoms with Crippen LogP contribution in [0.25, 0.3) is 0 Å². The minimum absolute atomic E-state index is 0.356. The first-order valence-electron chi connectivity index (χ1n) is 6.89. The molecular weight excluding hydrogens is 399 g/mol. The maximum atomic E-state index is 11.7. The number of hydrogen-bond donors (Lipinski definition) is 2. The monoisotopic (exact) mass is 418 g/mol. The van der Waals surface area contributed by atoms with Crippen LogP contribution in [0.4, 0.5) is 4.79 Å². The van der Waals surface area contributed by atoms with Gasteiger partial charge in [0.25, 0.3) is 5.91 Å². The van der Waals surface area contributed by atoms with E-state index in [1.165, 1.54) is 0 Å². The topological polar surface area (TPSA) is 84.5 Å². The summed E-state index contributed by atoms with van der Waals surface area (Å²) in [6, 6.07) is 6.16. The van der Waals surface area contributed by atoms with Crippen LogP contribution in [0.3, 0.4) is 0 Å². The summed E-state index contributed by atoms with van der Waals surface area (Å²) in [6.07, 6.45) is 0.823. The lowest BCUT2D eigenvalue weighted by molar-refractivity contribution is -0.123. The van der Waals surface area contributed by atoms with E-state index in [1.54, 1.807) is 24.3 Å². The van der Waals surface area contributed by atoms with Gasteiger partial charge in [-0.05, 0) is 59.2 Å². The predicted octanol–water partition coefficient (Wildman–Crippen LogP) is 2.32. The molecule has 22 heavy (non-hydrogen) atoms. The number of carbonyl (C=O) groups is 3. The maximum Gasteiger partial charge on any atom is 0.338 e. The first-order valence-corrected chi connectivity index (χ1v) is 7.96. The summed E-state index contributed by atoms with van der Waals surface area (Å²) in [5.41, 5.74) is 0.356. The summed E-state index contributed by atoms with van der Waals surface area (Å²) in [5.74, 6) is -0.807. The molecule has 0 saturated heterocycles. The van der Waals surface area contributed by atoms with Gasteiger partial charge in [-0.25, -0.2) is 9.59 Å². The molecule has 0 atom stereocenters. The van der Waals surface area contributed by atoms with E-state index in [9.17, 15) is 14.4 Å². The fourth-order valence-corrected chi connectivity index (χ4v) is 1.84. The molecule has 0 fully saturated rings. The van der Waals surface area contributed by atoms with Crippen molar-refractivity contribution in [1.82, 2.24) is 10.6 Å². The van der Waals surface area contributed by atoms with Gasteiger partial charge >= 0.3 is 12.0 Å². The summed E-state index contributed by atoms with van der Waals surface area (Å²) in [6.45, 7) is 4.06. The average molecular weight is 418 g/mol. The van der Waals surface area contributed by atoms with Crippen LogP contribution < -0.4 is 10.6 Å². The van der Waals surface area contributed by atoms with Crippen molar-refractivity contribution in [3.63, 3.8) is 0 Å². The lowest BCUT2D eigenvalue weighted by atomic mass is 10.1. The third-order valence-electron chi connectivity index (χ3n) is 2.67. The Kier molecular flexibility index (Phi) is 7.86. The Hall–Kier alpha value is -1.64. The summed E-state index contributed by atoms with van der Waals surface area (Å²) in [5, 5.41) is 4.66. The third-order valence-corrected chi connectivity index (χ3v) is 3.39. The molecule has 1 aromatic carbocycles. The van der Waals surface area contributed by atoms with Crippen molar-refractivity contribution in [2.24, 2.45) is 5.92 Å². The Balaban J connectivity index is 2.29. The number of hydrogen-bond acceptors (Lipinski definition) is 4. The van der Waals surface area contributed by atoms with E-state index in [1.807, 2.05) is 13.8 Å². The molecule has 1 aromatic rings. The second-order valence-corrected chi connectivity index (χ2v) is 6.32. The Labute approximate surface area is 143 Å². The highest BCUT2D eigenvalue weighted by Gasteiger charge is 2.12. The van der Waals surface area contributed by atoms with Crippen molar-refractivity contribution >= 4 is 40.5 Å². The van der Waals surface area contributed by atoms with Crippen LogP contribution in [0.1, 0.15) is 30.6 Å². The lowest BCUT2D eigenvalue weighted by Gasteiger charge is -2.08. The number of halogens is 1. The molecule has 0 radical (unpaired) electrons. The van der Waals surface area contributed by atoms with E-state index in [2.05, 4.69) is 33.2 Å². The van der Waals surface area contributed by atoms with E-state index in [4.69, 9.17) is 4.74 Å². The molecule has 0 aromatic heterocycles. The summed E-state index contributed by atoms with van der Waals surface area (Å²) < 4.78 is 5.83. The van der Waals surface area contributed by atoms with Crippen molar-refractivity contribution in [2.75, 3.05) is 13.2 Å².